The Labute approximate surface area is 137 Å². The highest BCUT2D eigenvalue weighted by Gasteiger charge is 2.24. The van der Waals surface area contributed by atoms with Crippen molar-refractivity contribution in [1.82, 2.24) is 10.2 Å². The van der Waals surface area contributed by atoms with Crippen molar-refractivity contribution in [2.75, 3.05) is 18.4 Å². The van der Waals surface area contributed by atoms with Gasteiger partial charge in [-0.05, 0) is 43.9 Å². The third-order valence-electron chi connectivity index (χ3n) is 4.56. The second kappa shape index (κ2) is 6.71. The lowest BCUT2D eigenvalue weighted by atomic mass is 10.0. The lowest BCUT2D eigenvalue weighted by Gasteiger charge is -2.36. The standard InChI is InChI=1S/C18H25N3O2/c1-12-10-21(11-13(2)19-12)18(23)5-3-4-14-6-7-16-15(8-14)9-17(22)20-16/h6-8,12-13,19H,3-5,9-11H2,1-2H3,(H,20,22)/t12-,13-/m0/s1. The zero-order chi connectivity index (χ0) is 16.4. The quantitative estimate of drug-likeness (QED) is 0.889. The van der Waals surface area contributed by atoms with Gasteiger partial charge in [0.05, 0.1) is 6.42 Å². The van der Waals surface area contributed by atoms with Crippen LogP contribution in [-0.2, 0) is 22.4 Å². The molecule has 23 heavy (non-hydrogen) atoms. The molecule has 0 aromatic heterocycles. The zero-order valence-corrected chi connectivity index (χ0v) is 13.9. The molecule has 0 saturated carbocycles. The summed E-state index contributed by atoms with van der Waals surface area (Å²) in [6.07, 6.45) is 2.79. The van der Waals surface area contributed by atoms with Gasteiger partial charge in [0.2, 0.25) is 11.8 Å². The Morgan fingerprint density at radius 1 is 1.26 bits per heavy atom. The molecule has 5 nitrogen and oxygen atoms in total. The van der Waals surface area contributed by atoms with E-state index < -0.39 is 0 Å². The summed E-state index contributed by atoms with van der Waals surface area (Å²) >= 11 is 0. The predicted octanol–water partition coefficient (Wildman–Crippen LogP) is 1.71. The molecule has 1 fully saturated rings. The van der Waals surface area contributed by atoms with E-state index in [9.17, 15) is 9.59 Å². The third kappa shape index (κ3) is 3.91. The maximum Gasteiger partial charge on any atom is 0.228 e. The molecular weight excluding hydrogens is 290 g/mol. The zero-order valence-electron chi connectivity index (χ0n) is 13.9. The van der Waals surface area contributed by atoms with E-state index in [0.717, 1.165) is 37.2 Å². The summed E-state index contributed by atoms with van der Waals surface area (Å²) < 4.78 is 0. The number of aryl methyl sites for hydroxylation is 1. The van der Waals surface area contributed by atoms with Crippen LogP contribution in [0, 0.1) is 0 Å². The number of anilines is 1. The number of piperazine rings is 1. The van der Waals surface area contributed by atoms with Crippen molar-refractivity contribution >= 4 is 17.5 Å². The summed E-state index contributed by atoms with van der Waals surface area (Å²) in [4.78, 5) is 25.7. The molecule has 0 unspecified atom stereocenters. The minimum Gasteiger partial charge on any atom is -0.340 e. The van der Waals surface area contributed by atoms with Gasteiger partial charge in [0.25, 0.3) is 0 Å². The average Bonchev–Trinajstić information content (AvgIpc) is 2.85. The van der Waals surface area contributed by atoms with E-state index in [1.165, 1.54) is 5.56 Å². The van der Waals surface area contributed by atoms with E-state index in [-0.39, 0.29) is 11.8 Å². The molecule has 2 aliphatic rings. The van der Waals surface area contributed by atoms with Gasteiger partial charge < -0.3 is 15.5 Å². The maximum atomic E-state index is 12.4. The number of fused-ring (bicyclic) bond motifs is 1. The van der Waals surface area contributed by atoms with Crippen LogP contribution in [0.4, 0.5) is 5.69 Å². The number of rotatable bonds is 4. The highest BCUT2D eigenvalue weighted by Crippen LogP contribution is 2.24. The Kier molecular flexibility index (Phi) is 4.66. The first-order valence-corrected chi connectivity index (χ1v) is 8.47. The molecule has 2 atom stereocenters. The van der Waals surface area contributed by atoms with Gasteiger partial charge in [0.1, 0.15) is 0 Å². The topological polar surface area (TPSA) is 61.4 Å². The molecule has 2 aliphatic heterocycles. The number of carbonyl (C=O) groups excluding carboxylic acids is 2. The molecule has 1 saturated heterocycles. The highest BCUT2D eigenvalue weighted by molar-refractivity contribution is 5.99. The number of hydrogen-bond donors (Lipinski definition) is 2. The van der Waals surface area contributed by atoms with Crippen LogP contribution < -0.4 is 10.6 Å². The van der Waals surface area contributed by atoms with Crippen molar-refractivity contribution in [1.29, 1.82) is 0 Å². The van der Waals surface area contributed by atoms with E-state index in [1.807, 2.05) is 17.0 Å². The van der Waals surface area contributed by atoms with E-state index in [1.54, 1.807) is 0 Å². The van der Waals surface area contributed by atoms with Crippen LogP contribution in [0.1, 0.15) is 37.8 Å². The average molecular weight is 315 g/mol. The fraction of sp³-hybridized carbons (Fsp3) is 0.556. The van der Waals surface area contributed by atoms with Crippen molar-refractivity contribution in [3.63, 3.8) is 0 Å². The van der Waals surface area contributed by atoms with Crippen LogP contribution in [0.2, 0.25) is 0 Å². The SMILES string of the molecule is C[C@H]1CN(C(=O)CCCc2ccc3c(c2)CC(=O)N3)C[C@H](C)N1. The van der Waals surface area contributed by atoms with Gasteiger partial charge >= 0.3 is 0 Å². The molecule has 2 N–H and O–H groups in total. The van der Waals surface area contributed by atoms with Crippen LogP contribution in [0.3, 0.4) is 0 Å². The largest absolute Gasteiger partial charge is 0.340 e. The number of hydrogen-bond acceptors (Lipinski definition) is 3. The van der Waals surface area contributed by atoms with Crippen molar-refractivity contribution in [3.05, 3.63) is 29.3 Å². The molecular formula is C18H25N3O2. The normalized spacial score (nSPS) is 23.6. The first kappa shape index (κ1) is 16.0. The maximum absolute atomic E-state index is 12.4. The van der Waals surface area contributed by atoms with Crippen molar-refractivity contribution in [3.8, 4) is 0 Å². The van der Waals surface area contributed by atoms with E-state index >= 15 is 0 Å². The molecule has 3 rings (SSSR count). The van der Waals surface area contributed by atoms with Gasteiger partial charge in [0.15, 0.2) is 0 Å². The summed E-state index contributed by atoms with van der Waals surface area (Å²) in [5.41, 5.74) is 3.21. The van der Waals surface area contributed by atoms with E-state index in [0.29, 0.717) is 24.9 Å². The van der Waals surface area contributed by atoms with Crippen LogP contribution in [-0.4, -0.2) is 41.9 Å². The fourth-order valence-corrected chi connectivity index (χ4v) is 3.57. The highest BCUT2D eigenvalue weighted by atomic mass is 16.2. The van der Waals surface area contributed by atoms with Gasteiger partial charge in [-0.1, -0.05) is 12.1 Å². The molecule has 2 amide bonds. The third-order valence-corrected chi connectivity index (χ3v) is 4.56. The Morgan fingerprint density at radius 2 is 2.00 bits per heavy atom. The Hall–Kier alpha value is -1.88. The molecule has 0 bridgehead atoms. The molecule has 5 heteroatoms. The summed E-state index contributed by atoms with van der Waals surface area (Å²) in [6, 6.07) is 6.84. The fourth-order valence-electron chi connectivity index (χ4n) is 3.57. The first-order chi connectivity index (χ1) is 11.0. The number of benzene rings is 1. The second-order valence-corrected chi connectivity index (χ2v) is 6.84. The van der Waals surface area contributed by atoms with Crippen molar-refractivity contribution in [2.24, 2.45) is 0 Å². The summed E-state index contributed by atoms with van der Waals surface area (Å²) in [5.74, 6) is 0.317. The number of carbonyl (C=O) groups is 2. The number of nitrogens with one attached hydrogen (secondary N) is 2. The van der Waals surface area contributed by atoms with Crippen LogP contribution in [0.25, 0.3) is 0 Å². The van der Waals surface area contributed by atoms with Gasteiger partial charge in [-0.25, -0.2) is 0 Å². The van der Waals surface area contributed by atoms with Crippen molar-refractivity contribution < 1.29 is 9.59 Å². The Balaban J connectivity index is 1.49. The molecule has 2 heterocycles. The number of amides is 2. The first-order valence-electron chi connectivity index (χ1n) is 8.47. The molecule has 0 spiro atoms. The monoisotopic (exact) mass is 315 g/mol. The lowest BCUT2D eigenvalue weighted by Crippen LogP contribution is -2.55. The minimum atomic E-state index is 0.0641. The van der Waals surface area contributed by atoms with Crippen LogP contribution in [0.5, 0.6) is 0 Å². The van der Waals surface area contributed by atoms with E-state index in [2.05, 4.69) is 30.5 Å². The Bertz CT molecular complexity index is 604. The molecule has 1 aromatic rings. The molecule has 1 aromatic carbocycles. The number of nitrogens with zero attached hydrogens (tertiary/aromatic N) is 1. The summed E-state index contributed by atoms with van der Waals surface area (Å²) in [7, 11) is 0. The molecule has 124 valence electrons. The van der Waals surface area contributed by atoms with Crippen molar-refractivity contribution in [2.45, 2.75) is 51.6 Å². The van der Waals surface area contributed by atoms with Crippen LogP contribution in [0.15, 0.2) is 18.2 Å². The van der Waals surface area contributed by atoms with Gasteiger partial charge in [-0.2, -0.15) is 0 Å². The van der Waals surface area contributed by atoms with Crippen LogP contribution >= 0.6 is 0 Å². The minimum absolute atomic E-state index is 0.0641. The summed E-state index contributed by atoms with van der Waals surface area (Å²) in [5, 5.41) is 6.29. The second-order valence-electron chi connectivity index (χ2n) is 6.84. The lowest BCUT2D eigenvalue weighted by molar-refractivity contribution is -0.133. The van der Waals surface area contributed by atoms with E-state index in [4.69, 9.17) is 0 Å². The molecule has 0 aliphatic carbocycles. The predicted molar refractivity (Wildman–Crippen MR) is 90.4 cm³/mol. The van der Waals surface area contributed by atoms with Gasteiger partial charge in [-0.15, -0.1) is 0 Å². The molecule has 0 radical (unpaired) electrons. The summed E-state index contributed by atoms with van der Waals surface area (Å²) in [6.45, 7) is 5.84. The van der Waals surface area contributed by atoms with Gasteiger partial charge in [-0.3, -0.25) is 9.59 Å². The Morgan fingerprint density at radius 3 is 2.74 bits per heavy atom. The smallest absolute Gasteiger partial charge is 0.228 e. The van der Waals surface area contributed by atoms with Gasteiger partial charge in [0, 0.05) is 37.3 Å².